The molecule has 1 heteroatoms. The largest absolute Gasteiger partial charge is 0.316 e. The average molecular weight is 774 g/mol. The van der Waals surface area contributed by atoms with Gasteiger partial charge in [0.25, 0.3) is 0 Å². The van der Waals surface area contributed by atoms with Crippen molar-refractivity contribution in [3.63, 3.8) is 0 Å². The molecular formula is C60H39N. The smallest absolute Gasteiger partial charge is 0.0535 e. The molecule has 1 nitrogen and oxygen atoms in total. The van der Waals surface area contributed by atoms with E-state index in [1.807, 2.05) is 0 Å². The van der Waals surface area contributed by atoms with E-state index in [1.54, 1.807) is 0 Å². The number of nitrogens with zero attached hydrogens (tertiary/aromatic N) is 1. The minimum atomic E-state index is 1.13. The Morgan fingerprint density at radius 1 is 0.230 bits per heavy atom. The quantitative estimate of drug-likeness (QED) is 0.148. The fraction of sp³-hybridized carbons (Fsp3) is 0. The van der Waals surface area contributed by atoms with Crippen molar-refractivity contribution in [2.24, 2.45) is 0 Å². The lowest BCUT2D eigenvalue weighted by Gasteiger charge is -2.12. The van der Waals surface area contributed by atoms with Gasteiger partial charge in [-0.25, -0.2) is 0 Å². The fourth-order valence-electron chi connectivity index (χ4n) is 9.38. The van der Waals surface area contributed by atoms with Gasteiger partial charge in [0.15, 0.2) is 0 Å². The van der Waals surface area contributed by atoms with Crippen molar-refractivity contribution in [3.8, 4) is 61.3 Å². The van der Waals surface area contributed by atoms with Gasteiger partial charge in [0, 0.05) is 22.8 Å². The Balaban J connectivity index is 0.948. The molecule has 0 N–H and O–H groups in total. The molecule has 284 valence electrons. The molecule has 0 atom stereocenters. The molecule has 1 aromatic heterocycles. The van der Waals surface area contributed by atoms with E-state index < -0.39 is 0 Å². The maximum Gasteiger partial charge on any atom is 0.0535 e. The third kappa shape index (κ3) is 6.18. The summed E-state index contributed by atoms with van der Waals surface area (Å²) in [5.74, 6) is 0. The zero-order chi connectivity index (χ0) is 40.3. The first-order valence-electron chi connectivity index (χ1n) is 21.1. The summed E-state index contributed by atoms with van der Waals surface area (Å²) < 4.78 is 2.36. The molecule has 0 amide bonds. The molecule has 0 aliphatic rings. The van der Waals surface area contributed by atoms with E-state index in [0.29, 0.717) is 0 Å². The van der Waals surface area contributed by atoms with Crippen LogP contribution in [0.3, 0.4) is 0 Å². The van der Waals surface area contributed by atoms with E-state index in [-0.39, 0.29) is 0 Å². The van der Waals surface area contributed by atoms with Gasteiger partial charge >= 0.3 is 0 Å². The highest BCUT2D eigenvalue weighted by Gasteiger charge is 2.15. The SMILES string of the molecule is c1ccc2cc(-c3ccc(-c4ccc5c(c4)c(-c4ccc(-c6ccc7ccccc7c6)cc4)cn5-c4ccc(-c5cc6ccccc6c6ccccc56)cc4)cc3)ccc2c1. The molecule has 0 aliphatic heterocycles. The summed E-state index contributed by atoms with van der Waals surface area (Å²) in [6.45, 7) is 0. The molecule has 1 heterocycles. The Hall–Kier alpha value is -8.00. The van der Waals surface area contributed by atoms with Crippen LogP contribution in [-0.2, 0) is 0 Å². The number of aromatic nitrogens is 1. The molecule has 0 spiro atoms. The summed E-state index contributed by atoms with van der Waals surface area (Å²) in [4.78, 5) is 0. The van der Waals surface area contributed by atoms with Crippen LogP contribution < -0.4 is 0 Å². The van der Waals surface area contributed by atoms with E-state index in [1.165, 1.54) is 110 Å². The minimum absolute atomic E-state index is 1.13. The van der Waals surface area contributed by atoms with Gasteiger partial charge in [-0.2, -0.15) is 0 Å². The Morgan fingerprint density at radius 2 is 0.656 bits per heavy atom. The number of hydrogen-bond donors (Lipinski definition) is 0. The maximum atomic E-state index is 2.37. The van der Waals surface area contributed by atoms with Crippen LogP contribution in [0.5, 0.6) is 0 Å². The van der Waals surface area contributed by atoms with Crippen molar-refractivity contribution < 1.29 is 0 Å². The molecule has 0 saturated heterocycles. The Kier molecular flexibility index (Phi) is 8.25. The normalized spacial score (nSPS) is 11.6. The van der Waals surface area contributed by atoms with Crippen LogP contribution in [0.1, 0.15) is 0 Å². The van der Waals surface area contributed by atoms with Crippen LogP contribution in [0.15, 0.2) is 237 Å². The summed E-state index contributed by atoms with van der Waals surface area (Å²) in [6, 6.07) is 84.5. The monoisotopic (exact) mass is 773 g/mol. The first-order chi connectivity index (χ1) is 30.2. The van der Waals surface area contributed by atoms with E-state index in [0.717, 1.165) is 5.69 Å². The third-order valence-corrected chi connectivity index (χ3v) is 12.6. The molecule has 0 unspecified atom stereocenters. The van der Waals surface area contributed by atoms with Crippen molar-refractivity contribution >= 4 is 54.0 Å². The molecule has 0 aliphatic carbocycles. The topological polar surface area (TPSA) is 4.93 Å². The maximum absolute atomic E-state index is 2.37. The summed E-state index contributed by atoms with van der Waals surface area (Å²) in [5, 5.41) is 11.4. The predicted octanol–water partition coefficient (Wildman–Crippen LogP) is 16.6. The minimum Gasteiger partial charge on any atom is -0.316 e. The predicted molar refractivity (Wildman–Crippen MR) is 260 cm³/mol. The van der Waals surface area contributed by atoms with Crippen molar-refractivity contribution in [1.29, 1.82) is 0 Å². The van der Waals surface area contributed by atoms with Crippen molar-refractivity contribution in [1.82, 2.24) is 4.57 Å². The van der Waals surface area contributed by atoms with Crippen LogP contribution in [0.4, 0.5) is 0 Å². The van der Waals surface area contributed by atoms with Crippen molar-refractivity contribution in [2.75, 3.05) is 0 Å². The lowest BCUT2D eigenvalue weighted by Crippen LogP contribution is -1.92. The number of fused-ring (bicyclic) bond motifs is 6. The molecule has 0 radical (unpaired) electrons. The lowest BCUT2D eigenvalue weighted by molar-refractivity contribution is 1.13. The highest BCUT2D eigenvalue weighted by atomic mass is 15.0. The Labute approximate surface area is 355 Å². The summed E-state index contributed by atoms with van der Waals surface area (Å²) in [5.41, 5.74) is 14.4. The van der Waals surface area contributed by atoms with Crippen LogP contribution in [0.25, 0.3) is 115 Å². The van der Waals surface area contributed by atoms with E-state index in [9.17, 15) is 0 Å². The Bertz CT molecular complexity index is 3610. The van der Waals surface area contributed by atoms with Crippen molar-refractivity contribution in [2.45, 2.75) is 0 Å². The molecule has 11 aromatic carbocycles. The van der Waals surface area contributed by atoms with Gasteiger partial charge in [0.1, 0.15) is 0 Å². The summed E-state index contributed by atoms with van der Waals surface area (Å²) in [6.07, 6.45) is 2.32. The molecule has 0 bridgehead atoms. The van der Waals surface area contributed by atoms with Crippen LogP contribution in [0.2, 0.25) is 0 Å². The zero-order valence-corrected chi connectivity index (χ0v) is 33.5. The van der Waals surface area contributed by atoms with Gasteiger partial charge in [-0.3, -0.25) is 0 Å². The van der Waals surface area contributed by atoms with E-state index >= 15 is 0 Å². The van der Waals surface area contributed by atoms with Gasteiger partial charge in [-0.05, 0) is 136 Å². The number of hydrogen-bond acceptors (Lipinski definition) is 0. The highest BCUT2D eigenvalue weighted by molar-refractivity contribution is 6.13. The van der Waals surface area contributed by atoms with Crippen molar-refractivity contribution in [3.05, 3.63) is 237 Å². The van der Waals surface area contributed by atoms with Gasteiger partial charge in [0.2, 0.25) is 0 Å². The summed E-state index contributed by atoms with van der Waals surface area (Å²) >= 11 is 0. The fourth-order valence-corrected chi connectivity index (χ4v) is 9.38. The zero-order valence-electron chi connectivity index (χ0n) is 33.5. The first kappa shape index (κ1) is 35.0. The van der Waals surface area contributed by atoms with Gasteiger partial charge in [-0.1, -0.05) is 188 Å². The van der Waals surface area contributed by atoms with E-state index in [4.69, 9.17) is 0 Å². The second-order valence-electron chi connectivity index (χ2n) is 16.2. The van der Waals surface area contributed by atoms with Crippen LogP contribution >= 0.6 is 0 Å². The van der Waals surface area contributed by atoms with E-state index in [2.05, 4.69) is 241 Å². The highest BCUT2D eigenvalue weighted by Crippen LogP contribution is 2.39. The molecule has 0 fully saturated rings. The summed E-state index contributed by atoms with van der Waals surface area (Å²) in [7, 11) is 0. The van der Waals surface area contributed by atoms with Gasteiger partial charge in [-0.15, -0.1) is 0 Å². The third-order valence-electron chi connectivity index (χ3n) is 12.6. The Morgan fingerprint density at radius 3 is 1.26 bits per heavy atom. The molecule has 0 saturated carbocycles. The van der Waals surface area contributed by atoms with Gasteiger partial charge in [0.05, 0.1) is 5.52 Å². The van der Waals surface area contributed by atoms with Gasteiger partial charge < -0.3 is 4.57 Å². The molecule has 12 rings (SSSR count). The van der Waals surface area contributed by atoms with Crippen LogP contribution in [-0.4, -0.2) is 4.57 Å². The molecule has 12 aromatic rings. The number of rotatable bonds is 6. The second-order valence-corrected chi connectivity index (χ2v) is 16.2. The molecular weight excluding hydrogens is 735 g/mol. The lowest BCUT2D eigenvalue weighted by atomic mass is 9.93. The molecule has 61 heavy (non-hydrogen) atoms. The second kappa shape index (κ2) is 14.4. The standard InChI is InChI=1S/C60H39N/c1-3-11-47-35-49(27-23-40(47)9-1)42-17-19-44(20-18-42)51-31-34-60-58(37-51)59(46-25-21-43(22-26-46)50-28-24-41-10-2-4-12-48(41)36-50)39-61(60)53-32-29-45(30-33-53)57-38-52-13-5-6-14-54(52)55-15-7-8-16-56(55)57/h1-39H. The van der Waals surface area contributed by atoms with Crippen LogP contribution in [0, 0.1) is 0 Å². The first-order valence-corrected chi connectivity index (χ1v) is 21.1. The average Bonchev–Trinajstić information content (AvgIpc) is 3.72. The number of benzene rings is 11.